The molecule has 1 aromatic carbocycles. The molecule has 0 saturated carbocycles. The van der Waals surface area contributed by atoms with Crippen molar-refractivity contribution < 1.29 is 14.0 Å². The van der Waals surface area contributed by atoms with Crippen molar-refractivity contribution in [3.63, 3.8) is 0 Å². The number of carbonyl (C=O) groups is 2. The maximum atomic E-state index is 13.3. The predicted octanol–water partition coefficient (Wildman–Crippen LogP) is 0.925. The number of hydrogen-bond acceptors (Lipinski definition) is 2. The number of halogens is 1. The Morgan fingerprint density at radius 2 is 2.00 bits per heavy atom. The molecule has 0 atom stereocenters. The number of carbonyl (C=O) groups excluding carboxylic acids is 2. The molecule has 0 aromatic heterocycles. The highest BCUT2D eigenvalue weighted by Gasteiger charge is 2.16. The van der Waals surface area contributed by atoms with Gasteiger partial charge in [-0.05, 0) is 12.1 Å². The van der Waals surface area contributed by atoms with Gasteiger partial charge in [0, 0.05) is 14.1 Å². The lowest BCUT2D eigenvalue weighted by molar-refractivity contribution is -0.127. The summed E-state index contributed by atoms with van der Waals surface area (Å²) in [6.07, 6.45) is -0.290. The van der Waals surface area contributed by atoms with E-state index in [1.807, 2.05) is 0 Å². The number of anilines is 1. The van der Waals surface area contributed by atoms with Crippen molar-refractivity contribution in [2.24, 2.45) is 0 Å². The molecule has 0 aliphatic carbocycles. The van der Waals surface area contributed by atoms with Gasteiger partial charge >= 0.3 is 0 Å². The van der Waals surface area contributed by atoms with Gasteiger partial charge in [0.15, 0.2) is 0 Å². The molecule has 5 heteroatoms. The van der Waals surface area contributed by atoms with Crippen molar-refractivity contribution in [1.29, 1.82) is 0 Å². The smallest absolute Gasteiger partial charge is 0.236 e. The standard InChI is InChI=1S/C11H13FN2O2/c1-13-10(15)7-11(16)14(2)9-6-4-3-5-8(9)12/h3-6H,7H2,1-2H3,(H,13,15). The van der Waals surface area contributed by atoms with Crippen molar-refractivity contribution >= 4 is 17.5 Å². The van der Waals surface area contributed by atoms with Crippen molar-refractivity contribution in [3.05, 3.63) is 30.1 Å². The number of amides is 2. The van der Waals surface area contributed by atoms with Crippen LogP contribution in [-0.4, -0.2) is 25.9 Å². The molecule has 2 amide bonds. The Bertz CT molecular complexity index is 407. The van der Waals surface area contributed by atoms with Crippen LogP contribution in [0.1, 0.15) is 6.42 Å². The van der Waals surface area contributed by atoms with E-state index < -0.39 is 17.6 Å². The number of nitrogens with zero attached hydrogens (tertiary/aromatic N) is 1. The Morgan fingerprint density at radius 1 is 1.38 bits per heavy atom. The Morgan fingerprint density at radius 3 is 2.56 bits per heavy atom. The lowest BCUT2D eigenvalue weighted by Crippen LogP contribution is -2.32. The van der Waals surface area contributed by atoms with E-state index >= 15 is 0 Å². The van der Waals surface area contributed by atoms with E-state index in [0.717, 1.165) is 4.90 Å². The molecular formula is C11H13FN2O2. The molecule has 1 aromatic rings. The number of hydrogen-bond donors (Lipinski definition) is 1. The summed E-state index contributed by atoms with van der Waals surface area (Å²) >= 11 is 0. The fourth-order valence-corrected chi connectivity index (χ4v) is 1.20. The molecule has 1 N–H and O–H groups in total. The fourth-order valence-electron chi connectivity index (χ4n) is 1.20. The van der Waals surface area contributed by atoms with Crippen LogP contribution in [-0.2, 0) is 9.59 Å². The highest BCUT2D eigenvalue weighted by atomic mass is 19.1. The van der Waals surface area contributed by atoms with Gasteiger partial charge < -0.3 is 10.2 Å². The Labute approximate surface area is 93.1 Å². The third kappa shape index (κ3) is 2.79. The highest BCUT2D eigenvalue weighted by molar-refractivity contribution is 6.04. The Hall–Kier alpha value is -1.91. The summed E-state index contributed by atoms with van der Waals surface area (Å²) in [5.41, 5.74) is 0.163. The summed E-state index contributed by atoms with van der Waals surface area (Å²) in [7, 11) is 2.88. The molecule has 4 nitrogen and oxygen atoms in total. The first-order chi connectivity index (χ1) is 7.56. The summed E-state index contributed by atoms with van der Waals surface area (Å²) < 4.78 is 13.3. The second-order valence-corrected chi connectivity index (χ2v) is 3.25. The van der Waals surface area contributed by atoms with Crippen LogP contribution in [0.15, 0.2) is 24.3 Å². The van der Waals surface area contributed by atoms with E-state index in [0.29, 0.717) is 0 Å². The van der Waals surface area contributed by atoms with Gasteiger partial charge in [-0.25, -0.2) is 4.39 Å². The average molecular weight is 224 g/mol. The van der Waals surface area contributed by atoms with Crippen LogP contribution in [0.5, 0.6) is 0 Å². The van der Waals surface area contributed by atoms with Crippen molar-refractivity contribution in [1.82, 2.24) is 5.32 Å². The van der Waals surface area contributed by atoms with Crippen molar-refractivity contribution in [2.45, 2.75) is 6.42 Å². The average Bonchev–Trinajstić information content (AvgIpc) is 2.28. The van der Waals surface area contributed by atoms with Crippen molar-refractivity contribution in [2.75, 3.05) is 19.0 Å². The van der Waals surface area contributed by atoms with Gasteiger partial charge in [0.25, 0.3) is 0 Å². The molecule has 16 heavy (non-hydrogen) atoms. The first-order valence-corrected chi connectivity index (χ1v) is 4.78. The van der Waals surface area contributed by atoms with Crippen LogP contribution in [0.4, 0.5) is 10.1 Å². The molecule has 0 radical (unpaired) electrons. The first-order valence-electron chi connectivity index (χ1n) is 4.78. The maximum Gasteiger partial charge on any atom is 0.236 e. The molecule has 0 saturated heterocycles. The van der Waals surface area contributed by atoms with Gasteiger partial charge in [0.1, 0.15) is 12.2 Å². The summed E-state index contributed by atoms with van der Waals surface area (Å²) in [6, 6.07) is 5.91. The SMILES string of the molecule is CNC(=O)CC(=O)N(C)c1ccccc1F. The largest absolute Gasteiger partial charge is 0.359 e. The zero-order valence-electron chi connectivity index (χ0n) is 9.16. The third-order valence-corrected chi connectivity index (χ3v) is 2.18. The number of rotatable bonds is 3. The summed E-state index contributed by atoms with van der Waals surface area (Å²) in [4.78, 5) is 23.7. The van der Waals surface area contributed by atoms with Crippen LogP contribution in [0, 0.1) is 5.82 Å². The fraction of sp³-hybridized carbons (Fsp3) is 0.273. The van der Waals surface area contributed by atoms with Gasteiger partial charge in [-0.2, -0.15) is 0 Å². The Balaban J connectivity index is 2.78. The van der Waals surface area contributed by atoms with Crippen LogP contribution in [0.25, 0.3) is 0 Å². The van der Waals surface area contributed by atoms with Gasteiger partial charge in [-0.15, -0.1) is 0 Å². The Kier molecular flexibility index (Phi) is 3.99. The molecule has 86 valence electrons. The minimum Gasteiger partial charge on any atom is -0.359 e. The maximum absolute atomic E-state index is 13.3. The lowest BCUT2D eigenvalue weighted by Gasteiger charge is -2.17. The van der Waals surface area contributed by atoms with Gasteiger partial charge in [0.2, 0.25) is 11.8 Å². The van der Waals surface area contributed by atoms with E-state index in [1.54, 1.807) is 6.07 Å². The van der Waals surface area contributed by atoms with Crippen LogP contribution >= 0.6 is 0 Å². The minimum absolute atomic E-state index is 0.163. The van der Waals surface area contributed by atoms with E-state index in [1.165, 1.54) is 32.3 Å². The number of para-hydroxylation sites is 1. The molecule has 1 rings (SSSR count). The van der Waals surface area contributed by atoms with E-state index in [9.17, 15) is 14.0 Å². The zero-order valence-corrected chi connectivity index (χ0v) is 9.16. The summed E-state index contributed by atoms with van der Waals surface area (Å²) in [5, 5.41) is 2.34. The molecule has 0 fully saturated rings. The minimum atomic E-state index is -0.491. The van der Waals surface area contributed by atoms with Crippen molar-refractivity contribution in [3.8, 4) is 0 Å². The van der Waals surface area contributed by atoms with E-state index in [4.69, 9.17) is 0 Å². The lowest BCUT2D eigenvalue weighted by atomic mass is 10.2. The van der Waals surface area contributed by atoms with Gasteiger partial charge in [0.05, 0.1) is 5.69 Å². The summed E-state index contributed by atoms with van der Waals surface area (Å²) in [5.74, 6) is -1.34. The second kappa shape index (κ2) is 5.25. The van der Waals surface area contributed by atoms with E-state index in [2.05, 4.69) is 5.32 Å². The highest BCUT2D eigenvalue weighted by Crippen LogP contribution is 2.17. The number of benzene rings is 1. The molecule has 0 unspecified atom stereocenters. The topological polar surface area (TPSA) is 49.4 Å². The first kappa shape index (κ1) is 12.2. The normalized spacial score (nSPS) is 9.69. The molecular weight excluding hydrogens is 211 g/mol. The number of nitrogens with one attached hydrogen (secondary N) is 1. The quantitative estimate of drug-likeness (QED) is 0.776. The molecule has 0 spiro atoms. The third-order valence-electron chi connectivity index (χ3n) is 2.18. The van der Waals surface area contributed by atoms with Crippen LogP contribution in [0.2, 0.25) is 0 Å². The second-order valence-electron chi connectivity index (χ2n) is 3.25. The van der Waals surface area contributed by atoms with Crippen LogP contribution in [0.3, 0.4) is 0 Å². The van der Waals surface area contributed by atoms with Crippen LogP contribution < -0.4 is 10.2 Å². The predicted molar refractivity (Wildman–Crippen MR) is 58.5 cm³/mol. The van der Waals surface area contributed by atoms with Gasteiger partial charge in [-0.1, -0.05) is 12.1 Å². The van der Waals surface area contributed by atoms with Gasteiger partial charge in [-0.3, -0.25) is 9.59 Å². The molecule has 0 aliphatic rings. The zero-order chi connectivity index (χ0) is 12.1. The van der Waals surface area contributed by atoms with E-state index in [-0.39, 0.29) is 12.1 Å². The summed E-state index contributed by atoms with van der Waals surface area (Å²) in [6.45, 7) is 0. The molecule has 0 aliphatic heterocycles. The molecule has 0 bridgehead atoms. The monoisotopic (exact) mass is 224 g/mol. The molecule has 0 heterocycles.